The molecule has 0 saturated carbocycles. The van der Waals surface area contributed by atoms with Gasteiger partial charge in [0.25, 0.3) is 0 Å². The molecule has 0 aliphatic carbocycles. The molecule has 9 nitrogen and oxygen atoms in total. The van der Waals surface area contributed by atoms with Crippen molar-refractivity contribution in [2.75, 3.05) is 25.1 Å². The zero-order valence-electron chi connectivity index (χ0n) is 18.6. The number of pyridine rings is 2. The van der Waals surface area contributed by atoms with E-state index in [4.69, 9.17) is 16.3 Å². The van der Waals surface area contributed by atoms with Crippen molar-refractivity contribution in [2.24, 2.45) is 0 Å². The van der Waals surface area contributed by atoms with Crippen LogP contribution in [0.1, 0.15) is 6.92 Å². The Hall–Kier alpha value is -2.59. The Bertz CT molecular complexity index is 1360. The molecule has 0 aliphatic rings. The van der Waals surface area contributed by atoms with Gasteiger partial charge in [-0.05, 0) is 31.2 Å². The minimum absolute atomic E-state index is 0. The van der Waals surface area contributed by atoms with E-state index in [9.17, 15) is 14.7 Å². The second kappa shape index (κ2) is 10.6. The van der Waals surface area contributed by atoms with Crippen molar-refractivity contribution in [1.29, 1.82) is 0 Å². The summed E-state index contributed by atoms with van der Waals surface area (Å²) < 4.78 is 9.04. The molecule has 0 aliphatic heterocycles. The number of benzene rings is 1. The molecule has 4 rings (SSSR count). The second-order valence-corrected chi connectivity index (χ2v) is 7.66. The number of fused-ring (bicyclic) bond motifs is 2. The third-order valence-corrected chi connectivity index (χ3v) is 5.48. The molecule has 11 heteroatoms. The van der Waals surface area contributed by atoms with Crippen LogP contribution in [0.5, 0.6) is 5.75 Å². The Labute approximate surface area is 216 Å². The van der Waals surface area contributed by atoms with E-state index in [2.05, 4.69) is 9.97 Å². The molecular weight excluding hydrogens is 457 g/mol. The van der Waals surface area contributed by atoms with Gasteiger partial charge in [-0.2, -0.15) is 0 Å². The molecule has 0 spiro atoms. The number of carboxylic acid groups (broad SMARTS) is 1. The van der Waals surface area contributed by atoms with Crippen LogP contribution in [0.25, 0.3) is 21.9 Å². The average molecular weight is 478 g/mol. The number of carbonyl (C=O) groups is 1. The smallest absolute Gasteiger partial charge is 0.548 e. The first-order valence-corrected chi connectivity index (χ1v) is 10.4. The molecule has 1 aromatic carbocycles. The van der Waals surface area contributed by atoms with E-state index in [-0.39, 0.29) is 56.9 Å². The van der Waals surface area contributed by atoms with Gasteiger partial charge >= 0.3 is 29.6 Å². The van der Waals surface area contributed by atoms with Crippen LogP contribution >= 0.6 is 11.6 Å². The Morgan fingerprint density at radius 2 is 2.00 bits per heavy atom. The third-order valence-electron chi connectivity index (χ3n) is 5.18. The number of hydrogen-bond donors (Lipinski definition) is 0. The fourth-order valence-corrected chi connectivity index (χ4v) is 3.85. The van der Waals surface area contributed by atoms with Gasteiger partial charge < -0.3 is 28.7 Å². The average Bonchev–Trinajstić information content (AvgIpc) is 3.29. The van der Waals surface area contributed by atoms with Gasteiger partial charge in [0.2, 0.25) is 0 Å². The Balaban J connectivity index is 0.00000306. The van der Waals surface area contributed by atoms with Crippen LogP contribution in [-0.4, -0.2) is 45.3 Å². The van der Waals surface area contributed by atoms with E-state index in [1.807, 2.05) is 22.7 Å². The molecule has 0 amide bonds. The first kappa shape index (κ1) is 25.0. The van der Waals surface area contributed by atoms with Gasteiger partial charge in [0.05, 0.1) is 46.8 Å². The second-order valence-electron chi connectivity index (χ2n) is 7.26. The number of nitrogens with zero attached hydrogens (tertiary/aromatic N) is 5. The van der Waals surface area contributed by atoms with Crippen LogP contribution < -0.4 is 49.7 Å². The van der Waals surface area contributed by atoms with Crippen molar-refractivity contribution < 1.29 is 44.2 Å². The maximum absolute atomic E-state index is 13.2. The van der Waals surface area contributed by atoms with Crippen molar-refractivity contribution in [3.8, 4) is 5.75 Å². The van der Waals surface area contributed by atoms with E-state index in [1.54, 1.807) is 43.7 Å². The molecule has 0 N–H and O–H groups in total. The topological polar surface area (TPSA) is 105 Å². The molecule has 0 radical (unpaired) electrons. The first-order valence-electron chi connectivity index (χ1n) is 10.1. The Morgan fingerprint density at radius 3 is 2.67 bits per heavy atom. The molecular formula is C22H21ClN5NaO4. The van der Waals surface area contributed by atoms with Crippen LogP contribution in [0.4, 0.5) is 5.82 Å². The Morgan fingerprint density at radius 1 is 1.24 bits per heavy atom. The molecule has 33 heavy (non-hydrogen) atoms. The first-order chi connectivity index (χ1) is 15.4. The molecule has 0 bridgehead atoms. The van der Waals surface area contributed by atoms with Gasteiger partial charge in [0.1, 0.15) is 11.5 Å². The van der Waals surface area contributed by atoms with Crippen LogP contribution in [0.2, 0.25) is 5.02 Å². The summed E-state index contributed by atoms with van der Waals surface area (Å²) in [6.07, 6.45) is 5.30. The normalized spacial score (nSPS) is 10.9. The van der Waals surface area contributed by atoms with Gasteiger partial charge in [-0.3, -0.25) is 4.79 Å². The summed E-state index contributed by atoms with van der Waals surface area (Å²) in [5, 5.41) is 12.5. The number of ether oxygens (including phenoxy) is 1. The maximum atomic E-state index is 13.2. The predicted molar refractivity (Wildman–Crippen MR) is 120 cm³/mol. The van der Waals surface area contributed by atoms with E-state index >= 15 is 0 Å². The zero-order valence-corrected chi connectivity index (χ0v) is 21.4. The van der Waals surface area contributed by atoms with Gasteiger partial charge in [-0.25, -0.2) is 9.97 Å². The largest absolute Gasteiger partial charge is 1.00 e. The van der Waals surface area contributed by atoms with Crippen LogP contribution in [-0.2, 0) is 17.9 Å². The number of aliphatic carboxylic acids is 1. The number of hydrogen-bond acceptors (Lipinski definition) is 7. The van der Waals surface area contributed by atoms with E-state index < -0.39 is 12.5 Å². The van der Waals surface area contributed by atoms with Gasteiger partial charge in [-0.15, -0.1) is 0 Å². The molecule has 3 aromatic heterocycles. The number of anilines is 1. The van der Waals surface area contributed by atoms with Crippen molar-refractivity contribution in [2.45, 2.75) is 20.0 Å². The number of carbonyl (C=O) groups excluding carboxylic acids is 1. The number of imidazole rings is 1. The summed E-state index contributed by atoms with van der Waals surface area (Å²) in [5.41, 5.74) is 0.232. The van der Waals surface area contributed by atoms with Crippen molar-refractivity contribution in [1.82, 2.24) is 19.1 Å². The fraction of sp³-hybridized carbons (Fsp3) is 0.273. The molecule has 0 fully saturated rings. The molecule has 0 atom stereocenters. The van der Waals surface area contributed by atoms with E-state index in [0.717, 1.165) is 0 Å². The molecule has 0 saturated heterocycles. The summed E-state index contributed by atoms with van der Waals surface area (Å²) in [5.74, 6) is -0.490. The standard InChI is InChI=1S/C22H22ClN5O4.Na/c1-3-32-21-16(23)6-4-14-19(21)28(12-18(29)30)22-15(20(14)31)5-7-17(25-22)26(2)10-11-27-9-8-24-13-27;/h4-9,13H,3,10-12H2,1-2H3,(H,29,30);/q;+1/p-1. The summed E-state index contributed by atoms with van der Waals surface area (Å²) >= 11 is 6.33. The summed E-state index contributed by atoms with van der Waals surface area (Å²) in [6, 6.07) is 6.54. The molecule has 166 valence electrons. The Kier molecular flexibility index (Phi) is 8.01. The van der Waals surface area contributed by atoms with Crippen LogP contribution in [0.15, 0.2) is 47.8 Å². The van der Waals surface area contributed by atoms with Crippen molar-refractivity contribution in [3.05, 3.63) is 58.2 Å². The monoisotopic (exact) mass is 477 g/mol. The number of carboxylic acids is 1. The summed E-state index contributed by atoms with van der Waals surface area (Å²) in [6.45, 7) is 2.87. The fourth-order valence-electron chi connectivity index (χ4n) is 3.65. The van der Waals surface area contributed by atoms with E-state index in [0.29, 0.717) is 36.3 Å². The van der Waals surface area contributed by atoms with Crippen molar-refractivity contribution in [3.63, 3.8) is 0 Å². The van der Waals surface area contributed by atoms with Gasteiger partial charge in [0.15, 0.2) is 11.2 Å². The van der Waals surface area contributed by atoms with E-state index in [1.165, 1.54) is 4.57 Å². The quantitative estimate of drug-likeness (QED) is 0.229. The zero-order chi connectivity index (χ0) is 22.8. The van der Waals surface area contributed by atoms with Crippen LogP contribution in [0.3, 0.4) is 0 Å². The third kappa shape index (κ3) is 5.01. The maximum Gasteiger partial charge on any atom is 1.00 e. The number of rotatable bonds is 8. The minimum atomic E-state index is -1.32. The minimum Gasteiger partial charge on any atom is -0.548 e. The van der Waals surface area contributed by atoms with Gasteiger partial charge in [-0.1, -0.05) is 11.6 Å². The summed E-state index contributed by atoms with van der Waals surface area (Å²) in [7, 11) is 1.87. The van der Waals surface area contributed by atoms with Gasteiger partial charge in [0, 0.05) is 32.5 Å². The number of likely N-dealkylation sites (N-methyl/N-ethyl adjacent to an activating group) is 1. The predicted octanol–water partition coefficient (Wildman–Crippen LogP) is -1.31. The molecule has 4 aromatic rings. The SMILES string of the molecule is CCOc1c(Cl)ccc2c(=O)c3ccc(N(C)CCn4ccnc4)nc3n(CC(=O)[O-])c12.[Na+]. The molecule has 3 heterocycles. The van der Waals surface area contributed by atoms with Crippen molar-refractivity contribution >= 4 is 45.3 Å². The summed E-state index contributed by atoms with van der Waals surface area (Å²) in [4.78, 5) is 35.4. The van der Waals surface area contributed by atoms with Crippen LogP contribution in [0, 0.1) is 0 Å². The number of halogens is 1. The molecule has 0 unspecified atom stereocenters. The number of aromatic nitrogens is 4.